The summed E-state index contributed by atoms with van der Waals surface area (Å²) in [7, 11) is 0. The van der Waals surface area contributed by atoms with Crippen LogP contribution in [0.1, 0.15) is 40.0 Å². The number of hydrogen-bond donors (Lipinski definition) is 3. The predicted octanol–water partition coefficient (Wildman–Crippen LogP) is 2.96. The number of nitriles is 1. The number of anilines is 1. The minimum Gasteiger partial charge on any atom is -0.395 e. The van der Waals surface area contributed by atoms with Gasteiger partial charge in [0.05, 0.1) is 42.2 Å². The summed E-state index contributed by atoms with van der Waals surface area (Å²) < 4.78 is 1.70. The molecule has 8 heteroatoms. The Bertz CT molecular complexity index is 1330. The average Bonchev–Trinajstić information content (AvgIpc) is 3.29. The van der Waals surface area contributed by atoms with Crippen LogP contribution in [0.4, 0.5) is 5.69 Å². The van der Waals surface area contributed by atoms with Crippen LogP contribution in [-0.4, -0.2) is 37.6 Å². The highest BCUT2D eigenvalue weighted by molar-refractivity contribution is 6.11. The molecule has 1 aliphatic carbocycles. The Balaban J connectivity index is 1.34. The van der Waals surface area contributed by atoms with E-state index in [0.29, 0.717) is 23.5 Å². The van der Waals surface area contributed by atoms with Gasteiger partial charge in [0.15, 0.2) is 5.69 Å². The molecular weight excluding hydrogens is 392 g/mol. The molecule has 2 aromatic carbocycles. The zero-order chi connectivity index (χ0) is 21.4. The van der Waals surface area contributed by atoms with Crippen molar-refractivity contribution in [3.05, 3.63) is 77.2 Å². The van der Waals surface area contributed by atoms with Gasteiger partial charge in [0.1, 0.15) is 0 Å². The first-order valence-corrected chi connectivity index (χ1v) is 10.0. The van der Waals surface area contributed by atoms with Gasteiger partial charge in [0, 0.05) is 17.0 Å². The van der Waals surface area contributed by atoms with Crippen LogP contribution in [0.5, 0.6) is 0 Å². The molecule has 31 heavy (non-hydrogen) atoms. The summed E-state index contributed by atoms with van der Waals surface area (Å²) in [5.74, 6) is -0.330. The number of nitrogens with one attached hydrogen (secondary N) is 2. The number of rotatable bonds is 6. The van der Waals surface area contributed by atoms with Gasteiger partial charge >= 0.3 is 0 Å². The van der Waals surface area contributed by atoms with Crippen molar-refractivity contribution in [1.82, 2.24) is 20.0 Å². The quantitative estimate of drug-likeness (QED) is 0.450. The monoisotopic (exact) mass is 412 g/mol. The lowest BCUT2D eigenvalue weighted by molar-refractivity contribution is 0.102. The highest BCUT2D eigenvalue weighted by Crippen LogP contribution is 2.48. The van der Waals surface area contributed by atoms with E-state index >= 15 is 0 Å². The molecule has 0 bridgehead atoms. The van der Waals surface area contributed by atoms with Gasteiger partial charge < -0.3 is 10.4 Å². The number of benzene rings is 2. The third-order valence-corrected chi connectivity index (χ3v) is 5.84. The second kappa shape index (κ2) is 7.38. The van der Waals surface area contributed by atoms with Crippen molar-refractivity contribution in [2.24, 2.45) is 0 Å². The number of carbonyl (C=O) groups is 1. The summed E-state index contributed by atoms with van der Waals surface area (Å²) in [5, 5.41) is 33.7. The number of hydrogen-bond acceptors (Lipinski definition) is 5. The smallest absolute Gasteiger partial charge is 0.276 e. The Morgan fingerprint density at radius 2 is 2.16 bits per heavy atom. The molecule has 0 saturated heterocycles. The van der Waals surface area contributed by atoms with Crippen molar-refractivity contribution in [3.8, 4) is 6.07 Å². The summed E-state index contributed by atoms with van der Waals surface area (Å²) in [6, 6.07) is 15.3. The fourth-order valence-electron chi connectivity index (χ4n) is 3.84. The Morgan fingerprint density at radius 3 is 2.94 bits per heavy atom. The highest BCUT2D eigenvalue weighted by atomic mass is 16.3. The SMILES string of the molecule is N#Cc1cccc(Cn2cc(NC(=O)c3n[nH]c4ccc(C5(CO)CC5)cc34)cn2)c1. The second-order valence-electron chi connectivity index (χ2n) is 7.96. The number of aliphatic hydroxyl groups excluding tert-OH is 1. The van der Waals surface area contributed by atoms with Crippen LogP contribution in [0.3, 0.4) is 0 Å². The molecule has 1 saturated carbocycles. The number of aliphatic hydroxyl groups is 1. The Kier molecular flexibility index (Phi) is 4.53. The van der Waals surface area contributed by atoms with Crippen molar-refractivity contribution in [1.29, 1.82) is 5.26 Å². The number of carbonyl (C=O) groups excluding carboxylic acids is 1. The predicted molar refractivity (Wildman–Crippen MR) is 115 cm³/mol. The molecule has 1 aliphatic rings. The molecule has 4 aromatic rings. The van der Waals surface area contributed by atoms with E-state index in [0.717, 1.165) is 34.9 Å². The molecule has 1 amide bonds. The fraction of sp³-hybridized carbons (Fsp3) is 0.217. The number of fused-ring (bicyclic) bond motifs is 1. The van der Waals surface area contributed by atoms with Crippen LogP contribution in [0.25, 0.3) is 10.9 Å². The van der Waals surface area contributed by atoms with Crippen molar-refractivity contribution < 1.29 is 9.90 Å². The molecule has 3 N–H and O–H groups in total. The van der Waals surface area contributed by atoms with Crippen molar-refractivity contribution in [2.75, 3.05) is 11.9 Å². The number of aromatic nitrogens is 4. The molecule has 1 fully saturated rings. The average molecular weight is 412 g/mol. The summed E-state index contributed by atoms with van der Waals surface area (Å²) in [4.78, 5) is 12.9. The van der Waals surface area contributed by atoms with E-state index < -0.39 is 0 Å². The van der Waals surface area contributed by atoms with E-state index in [1.54, 1.807) is 23.1 Å². The maximum Gasteiger partial charge on any atom is 0.276 e. The standard InChI is InChI=1S/C23H20N6O2/c24-10-15-2-1-3-16(8-15)12-29-13-18(11-25-29)26-22(31)21-19-9-17(23(14-30)6-7-23)4-5-20(19)27-28-21/h1-5,8-9,11,13,30H,6-7,12,14H2,(H,26,31)(H,27,28). The highest BCUT2D eigenvalue weighted by Gasteiger charge is 2.43. The molecule has 0 radical (unpaired) electrons. The van der Waals surface area contributed by atoms with Gasteiger partial charge in [-0.3, -0.25) is 14.6 Å². The van der Waals surface area contributed by atoms with Gasteiger partial charge in [0.25, 0.3) is 5.91 Å². The molecular formula is C23H20N6O2. The van der Waals surface area contributed by atoms with Crippen molar-refractivity contribution in [3.63, 3.8) is 0 Å². The van der Waals surface area contributed by atoms with Crippen molar-refractivity contribution >= 4 is 22.5 Å². The van der Waals surface area contributed by atoms with Crippen LogP contribution in [0.15, 0.2) is 54.9 Å². The molecule has 8 nitrogen and oxygen atoms in total. The van der Waals surface area contributed by atoms with E-state index in [1.807, 2.05) is 36.4 Å². The lowest BCUT2D eigenvalue weighted by atomic mass is 9.95. The van der Waals surface area contributed by atoms with E-state index in [9.17, 15) is 9.90 Å². The van der Waals surface area contributed by atoms with Gasteiger partial charge in [-0.1, -0.05) is 18.2 Å². The van der Waals surface area contributed by atoms with Crippen LogP contribution >= 0.6 is 0 Å². The molecule has 5 rings (SSSR count). The molecule has 0 unspecified atom stereocenters. The third-order valence-electron chi connectivity index (χ3n) is 5.84. The number of aromatic amines is 1. The van der Waals surface area contributed by atoms with E-state index in [4.69, 9.17) is 5.26 Å². The molecule has 2 heterocycles. The molecule has 2 aromatic heterocycles. The van der Waals surface area contributed by atoms with Crippen molar-refractivity contribution in [2.45, 2.75) is 24.8 Å². The second-order valence-corrected chi connectivity index (χ2v) is 7.96. The number of H-pyrrole nitrogens is 1. The minimum absolute atomic E-state index is 0.106. The first-order valence-electron chi connectivity index (χ1n) is 10.0. The first kappa shape index (κ1) is 19.0. The normalized spacial score (nSPS) is 14.3. The zero-order valence-corrected chi connectivity index (χ0v) is 16.7. The Labute approximate surface area is 178 Å². The van der Waals surface area contributed by atoms with Gasteiger partial charge in [-0.2, -0.15) is 15.5 Å². The van der Waals surface area contributed by atoms with Crippen LogP contribution in [0.2, 0.25) is 0 Å². The molecule has 154 valence electrons. The van der Waals surface area contributed by atoms with Gasteiger partial charge in [-0.15, -0.1) is 0 Å². The Hall–Kier alpha value is -3.96. The van der Waals surface area contributed by atoms with E-state index in [2.05, 4.69) is 26.7 Å². The maximum atomic E-state index is 12.9. The van der Waals surface area contributed by atoms with Crippen LogP contribution in [0, 0.1) is 11.3 Å². The lowest BCUT2D eigenvalue weighted by Crippen LogP contribution is -2.13. The maximum absolute atomic E-state index is 12.9. The van der Waals surface area contributed by atoms with Gasteiger partial charge in [-0.25, -0.2) is 0 Å². The topological polar surface area (TPSA) is 120 Å². The van der Waals surface area contributed by atoms with E-state index in [-0.39, 0.29) is 17.9 Å². The number of nitrogens with zero attached hydrogens (tertiary/aromatic N) is 4. The fourth-order valence-corrected chi connectivity index (χ4v) is 3.84. The third kappa shape index (κ3) is 3.56. The van der Waals surface area contributed by atoms with Crippen LogP contribution < -0.4 is 5.32 Å². The summed E-state index contributed by atoms with van der Waals surface area (Å²) in [5.41, 5.74) is 4.04. The molecule has 0 spiro atoms. The Morgan fingerprint density at radius 1 is 1.29 bits per heavy atom. The molecule has 0 atom stereocenters. The lowest BCUT2D eigenvalue weighted by Gasteiger charge is -2.12. The van der Waals surface area contributed by atoms with Gasteiger partial charge in [0.2, 0.25) is 0 Å². The zero-order valence-electron chi connectivity index (χ0n) is 16.7. The summed E-state index contributed by atoms with van der Waals surface area (Å²) >= 11 is 0. The van der Waals surface area contributed by atoms with Gasteiger partial charge in [-0.05, 0) is 48.2 Å². The summed E-state index contributed by atoms with van der Waals surface area (Å²) in [6.45, 7) is 0.595. The van der Waals surface area contributed by atoms with Crippen LogP contribution in [-0.2, 0) is 12.0 Å². The largest absolute Gasteiger partial charge is 0.395 e. The summed E-state index contributed by atoms with van der Waals surface area (Å²) in [6.07, 6.45) is 5.22. The number of amides is 1. The van der Waals surface area contributed by atoms with E-state index in [1.165, 1.54) is 0 Å². The molecule has 0 aliphatic heterocycles. The minimum atomic E-state index is -0.330. The first-order chi connectivity index (χ1) is 15.1.